The predicted octanol–water partition coefficient (Wildman–Crippen LogP) is 2.05. The highest BCUT2D eigenvalue weighted by Crippen LogP contribution is 2.25. The zero-order valence-corrected chi connectivity index (χ0v) is 11.2. The Labute approximate surface area is 109 Å². The highest BCUT2D eigenvalue weighted by atomic mass is 16.5. The maximum atomic E-state index is 10.1. The molecule has 18 heavy (non-hydrogen) atoms. The minimum absolute atomic E-state index is 0.198. The smallest absolute Gasteiger partial charge is 0.0697 e. The molecule has 0 heterocycles. The van der Waals surface area contributed by atoms with Crippen molar-refractivity contribution in [2.24, 2.45) is 0 Å². The fourth-order valence-corrected chi connectivity index (χ4v) is 2.77. The van der Waals surface area contributed by atoms with Crippen molar-refractivity contribution in [2.45, 2.75) is 44.1 Å². The van der Waals surface area contributed by atoms with Crippen LogP contribution in [0.25, 0.3) is 0 Å². The van der Waals surface area contributed by atoms with Crippen molar-refractivity contribution in [1.29, 1.82) is 0 Å². The number of ether oxygens (including phenoxy) is 1. The summed E-state index contributed by atoms with van der Waals surface area (Å²) < 4.78 is 5.43. The van der Waals surface area contributed by atoms with Gasteiger partial charge in [-0.05, 0) is 31.9 Å². The molecule has 0 amide bonds. The number of hydrogen-bond donors (Lipinski definition) is 1. The van der Waals surface area contributed by atoms with Crippen molar-refractivity contribution in [3.05, 3.63) is 35.9 Å². The van der Waals surface area contributed by atoms with E-state index >= 15 is 0 Å². The van der Waals surface area contributed by atoms with Crippen molar-refractivity contribution in [1.82, 2.24) is 4.90 Å². The molecule has 0 unspecified atom stereocenters. The molecular formula is C15H23NO2. The summed E-state index contributed by atoms with van der Waals surface area (Å²) in [5.74, 6) is 0. The standard InChI is InChI=1S/C15H23NO2/c1-16(11-12-6-4-3-5-7-12)14-10-13(18-2)8-9-15(14)17/h3-7,13-15,17H,8-11H2,1-2H3/t13-,14-,15-/m1/s1. The number of hydrogen-bond acceptors (Lipinski definition) is 3. The van der Waals surface area contributed by atoms with Crippen LogP contribution in [-0.4, -0.2) is 42.4 Å². The number of rotatable bonds is 4. The molecule has 0 aromatic heterocycles. The van der Waals surface area contributed by atoms with Gasteiger partial charge in [0, 0.05) is 19.7 Å². The minimum Gasteiger partial charge on any atom is -0.391 e. The first-order valence-electron chi connectivity index (χ1n) is 6.65. The first-order valence-corrected chi connectivity index (χ1v) is 6.65. The lowest BCUT2D eigenvalue weighted by Crippen LogP contribution is -2.46. The zero-order valence-electron chi connectivity index (χ0n) is 11.2. The second kappa shape index (κ2) is 6.32. The van der Waals surface area contributed by atoms with Gasteiger partial charge < -0.3 is 9.84 Å². The first-order chi connectivity index (χ1) is 8.70. The predicted molar refractivity (Wildman–Crippen MR) is 72.4 cm³/mol. The number of likely N-dealkylation sites (N-methyl/N-ethyl adjacent to an activating group) is 1. The summed E-state index contributed by atoms with van der Waals surface area (Å²) in [6, 6.07) is 10.6. The van der Waals surface area contributed by atoms with Gasteiger partial charge >= 0.3 is 0 Å². The third-order valence-electron chi connectivity index (χ3n) is 3.91. The average molecular weight is 249 g/mol. The van der Waals surface area contributed by atoms with Gasteiger partial charge in [-0.25, -0.2) is 0 Å². The van der Waals surface area contributed by atoms with Gasteiger partial charge in [0.05, 0.1) is 12.2 Å². The number of aliphatic hydroxyl groups excluding tert-OH is 1. The number of methoxy groups -OCH3 is 1. The van der Waals surface area contributed by atoms with Crippen LogP contribution in [0.5, 0.6) is 0 Å². The molecule has 1 saturated carbocycles. The highest BCUT2D eigenvalue weighted by molar-refractivity contribution is 5.14. The number of nitrogens with zero attached hydrogens (tertiary/aromatic N) is 1. The van der Waals surface area contributed by atoms with E-state index < -0.39 is 0 Å². The summed E-state index contributed by atoms with van der Waals surface area (Å²) in [6.45, 7) is 0.874. The Morgan fingerprint density at radius 2 is 2.00 bits per heavy atom. The van der Waals surface area contributed by atoms with Crippen molar-refractivity contribution < 1.29 is 9.84 Å². The largest absolute Gasteiger partial charge is 0.391 e. The van der Waals surface area contributed by atoms with Crippen LogP contribution in [0.2, 0.25) is 0 Å². The molecule has 0 saturated heterocycles. The van der Waals surface area contributed by atoms with Gasteiger partial charge in [0.25, 0.3) is 0 Å². The fraction of sp³-hybridized carbons (Fsp3) is 0.600. The van der Waals surface area contributed by atoms with E-state index in [0.717, 1.165) is 25.8 Å². The molecule has 0 bridgehead atoms. The van der Waals surface area contributed by atoms with Gasteiger partial charge in [-0.1, -0.05) is 30.3 Å². The number of benzene rings is 1. The molecule has 1 aromatic rings. The molecule has 3 atom stereocenters. The van der Waals surface area contributed by atoms with Crippen LogP contribution in [0.3, 0.4) is 0 Å². The Bertz CT molecular complexity index is 355. The van der Waals surface area contributed by atoms with Gasteiger partial charge in [-0.3, -0.25) is 4.90 Å². The van der Waals surface area contributed by atoms with Crippen molar-refractivity contribution >= 4 is 0 Å². The normalized spacial score (nSPS) is 28.6. The van der Waals surface area contributed by atoms with E-state index in [1.807, 2.05) is 6.07 Å². The lowest BCUT2D eigenvalue weighted by atomic mass is 9.89. The van der Waals surface area contributed by atoms with E-state index in [1.54, 1.807) is 7.11 Å². The lowest BCUT2D eigenvalue weighted by molar-refractivity contribution is -0.0340. The van der Waals surface area contributed by atoms with Gasteiger partial charge in [-0.15, -0.1) is 0 Å². The molecular weight excluding hydrogens is 226 g/mol. The Morgan fingerprint density at radius 3 is 2.67 bits per heavy atom. The molecule has 3 heteroatoms. The molecule has 0 aliphatic heterocycles. The molecule has 0 spiro atoms. The summed E-state index contributed by atoms with van der Waals surface area (Å²) >= 11 is 0. The number of aliphatic hydroxyl groups is 1. The SMILES string of the molecule is CO[C@@H]1CC[C@@H](O)[C@H](N(C)Cc2ccccc2)C1. The van der Waals surface area contributed by atoms with Gasteiger partial charge in [-0.2, -0.15) is 0 Å². The summed E-state index contributed by atoms with van der Waals surface area (Å²) in [5, 5.41) is 10.1. The highest BCUT2D eigenvalue weighted by Gasteiger charge is 2.31. The molecule has 0 radical (unpaired) electrons. The Hall–Kier alpha value is -0.900. The van der Waals surface area contributed by atoms with Crippen LogP contribution in [-0.2, 0) is 11.3 Å². The lowest BCUT2D eigenvalue weighted by Gasteiger charge is -2.38. The second-order valence-electron chi connectivity index (χ2n) is 5.21. The zero-order chi connectivity index (χ0) is 13.0. The van der Waals surface area contributed by atoms with E-state index in [2.05, 4.69) is 36.2 Å². The van der Waals surface area contributed by atoms with Gasteiger partial charge in [0.15, 0.2) is 0 Å². The van der Waals surface area contributed by atoms with E-state index in [4.69, 9.17) is 4.74 Å². The second-order valence-corrected chi connectivity index (χ2v) is 5.21. The fourth-order valence-electron chi connectivity index (χ4n) is 2.77. The van der Waals surface area contributed by atoms with Crippen LogP contribution < -0.4 is 0 Å². The average Bonchev–Trinajstić information content (AvgIpc) is 2.40. The molecule has 1 aliphatic rings. The van der Waals surface area contributed by atoms with E-state index in [1.165, 1.54) is 5.56 Å². The Kier molecular flexibility index (Phi) is 4.75. The molecule has 100 valence electrons. The molecule has 2 rings (SSSR count). The summed E-state index contributed by atoms with van der Waals surface area (Å²) in [6.07, 6.45) is 2.78. The Balaban J connectivity index is 1.96. The molecule has 1 fully saturated rings. The minimum atomic E-state index is -0.231. The third-order valence-corrected chi connectivity index (χ3v) is 3.91. The molecule has 1 aromatic carbocycles. The van der Waals surface area contributed by atoms with E-state index in [-0.39, 0.29) is 18.2 Å². The quantitative estimate of drug-likeness (QED) is 0.886. The topological polar surface area (TPSA) is 32.7 Å². The monoisotopic (exact) mass is 249 g/mol. The first kappa shape index (κ1) is 13.5. The van der Waals surface area contributed by atoms with Crippen LogP contribution in [0.15, 0.2) is 30.3 Å². The van der Waals surface area contributed by atoms with E-state index in [0.29, 0.717) is 0 Å². The summed E-state index contributed by atoms with van der Waals surface area (Å²) in [4.78, 5) is 2.24. The van der Waals surface area contributed by atoms with E-state index in [9.17, 15) is 5.11 Å². The Morgan fingerprint density at radius 1 is 1.28 bits per heavy atom. The van der Waals surface area contributed by atoms with Crippen LogP contribution >= 0.6 is 0 Å². The van der Waals surface area contributed by atoms with Crippen LogP contribution in [0.4, 0.5) is 0 Å². The molecule has 3 nitrogen and oxygen atoms in total. The van der Waals surface area contributed by atoms with Crippen molar-refractivity contribution in [3.8, 4) is 0 Å². The summed E-state index contributed by atoms with van der Waals surface area (Å²) in [7, 11) is 3.84. The van der Waals surface area contributed by atoms with Gasteiger partial charge in [0.1, 0.15) is 0 Å². The van der Waals surface area contributed by atoms with Crippen molar-refractivity contribution in [2.75, 3.05) is 14.2 Å². The maximum Gasteiger partial charge on any atom is 0.0697 e. The summed E-state index contributed by atoms with van der Waals surface area (Å²) in [5.41, 5.74) is 1.28. The van der Waals surface area contributed by atoms with Crippen LogP contribution in [0.1, 0.15) is 24.8 Å². The third kappa shape index (κ3) is 3.31. The van der Waals surface area contributed by atoms with Gasteiger partial charge in [0.2, 0.25) is 0 Å². The van der Waals surface area contributed by atoms with Crippen molar-refractivity contribution in [3.63, 3.8) is 0 Å². The molecule has 1 N–H and O–H groups in total. The van der Waals surface area contributed by atoms with Crippen LogP contribution in [0, 0.1) is 0 Å². The molecule has 1 aliphatic carbocycles. The maximum absolute atomic E-state index is 10.1.